The average Bonchev–Trinajstić information content (AvgIpc) is 2.29. The Morgan fingerprint density at radius 2 is 2.08 bits per heavy atom. The summed E-state index contributed by atoms with van der Waals surface area (Å²) in [5.41, 5.74) is 2.40. The molecule has 0 atom stereocenters. The van der Waals surface area contributed by atoms with Crippen molar-refractivity contribution in [2.45, 2.75) is 6.92 Å². The van der Waals surface area contributed by atoms with Gasteiger partial charge in [0.1, 0.15) is 0 Å². The molecule has 12 heavy (non-hydrogen) atoms. The first-order valence-corrected chi connectivity index (χ1v) is 5.48. The van der Waals surface area contributed by atoms with Gasteiger partial charge in [-0.05, 0) is 47.7 Å². The van der Waals surface area contributed by atoms with Gasteiger partial charge in [0.2, 0.25) is 0 Å². The van der Waals surface area contributed by atoms with Crippen molar-refractivity contribution in [3.05, 3.63) is 31.9 Å². The minimum absolute atomic E-state index is 1.16. The highest BCUT2D eigenvalue weighted by Gasteiger charge is 2.02. The molecule has 0 amide bonds. The van der Waals surface area contributed by atoms with Gasteiger partial charge in [-0.3, -0.25) is 0 Å². The van der Waals surface area contributed by atoms with Gasteiger partial charge in [0.15, 0.2) is 0 Å². The van der Waals surface area contributed by atoms with Gasteiger partial charge in [0, 0.05) is 24.6 Å². The summed E-state index contributed by atoms with van der Waals surface area (Å²) >= 11 is 5.85. The summed E-state index contributed by atoms with van der Waals surface area (Å²) in [5.74, 6) is 0. The molecule has 0 saturated heterocycles. The first-order valence-electron chi connectivity index (χ1n) is 3.61. The molecule has 0 fully saturated rings. The second kappa shape index (κ2) is 3.03. The molecule has 1 N–H and O–H groups in total. The van der Waals surface area contributed by atoms with Crippen molar-refractivity contribution in [1.82, 2.24) is 4.98 Å². The fraction of sp³-hybridized carbons (Fsp3) is 0.111. The van der Waals surface area contributed by atoms with Crippen molar-refractivity contribution in [2.24, 2.45) is 0 Å². The van der Waals surface area contributed by atoms with Gasteiger partial charge < -0.3 is 4.98 Å². The Hall–Kier alpha value is -0.0300. The van der Waals surface area contributed by atoms with Gasteiger partial charge >= 0.3 is 0 Å². The van der Waals surface area contributed by atoms with Crippen LogP contribution in [-0.4, -0.2) is 4.98 Å². The largest absolute Gasteiger partial charge is 0.359 e. The van der Waals surface area contributed by atoms with Crippen LogP contribution in [0, 0.1) is 10.5 Å². The van der Waals surface area contributed by atoms with E-state index in [1.807, 2.05) is 0 Å². The van der Waals surface area contributed by atoms with E-state index in [0.717, 1.165) is 4.47 Å². The zero-order valence-corrected chi connectivity index (χ0v) is 10.2. The molecule has 0 radical (unpaired) electrons. The molecule has 1 aromatic carbocycles. The summed E-state index contributed by atoms with van der Waals surface area (Å²) in [6.45, 7) is 2.07. The number of aromatic nitrogens is 1. The van der Waals surface area contributed by atoms with E-state index in [-0.39, 0.29) is 0 Å². The van der Waals surface area contributed by atoms with Crippen molar-refractivity contribution in [3.8, 4) is 0 Å². The summed E-state index contributed by atoms with van der Waals surface area (Å²) in [5, 5.41) is 1.26. The average molecular weight is 336 g/mol. The van der Waals surface area contributed by atoms with Gasteiger partial charge in [-0.2, -0.15) is 0 Å². The lowest BCUT2D eigenvalue weighted by Crippen LogP contribution is -1.73. The van der Waals surface area contributed by atoms with Crippen LogP contribution in [0.1, 0.15) is 5.69 Å². The Morgan fingerprint density at radius 1 is 1.33 bits per heavy atom. The number of aromatic amines is 1. The van der Waals surface area contributed by atoms with E-state index in [1.165, 1.54) is 20.2 Å². The first-order chi connectivity index (χ1) is 5.66. The third-order valence-corrected chi connectivity index (χ3v) is 3.07. The fourth-order valence-corrected chi connectivity index (χ4v) is 2.93. The summed E-state index contributed by atoms with van der Waals surface area (Å²) in [6, 6.07) is 6.42. The molecule has 0 spiro atoms. The van der Waals surface area contributed by atoms with Crippen molar-refractivity contribution in [2.75, 3.05) is 0 Å². The highest BCUT2D eigenvalue weighted by atomic mass is 127. The second-order valence-electron chi connectivity index (χ2n) is 2.80. The van der Waals surface area contributed by atoms with E-state index in [9.17, 15) is 0 Å². The van der Waals surface area contributed by atoms with Crippen molar-refractivity contribution in [1.29, 1.82) is 0 Å². The Kier molecular flexibility index (Phi) is 2.16. The summed E-state index contributed by atoms with van der Waals surface area (Å²) in [4.78, 5) is 3.31. The molecule has 0 saturated carbocycles. The van der Waals surface area contributed by atoms with Crippen molar-refractivity contribution < 1.29 is 0 Å². The van der Waals surface area contributed by atoms with Crippen LogP contribution >= 0.6 is 38.5 Å². The third-order valence-electron chi connectivity index (χ3n) is 1.79. The van der Waals surface area contributed by atoms with Crippen LogP contribution in [0.25, 0.3) is 10.9 Å². The summed E-state index contributed by atoms with van der Waals surface area (Å²) in [6.07, 6.45) is 0. The van der Waals surface area contributed by atoms with Gasteiger partial charge in [-0.25, -0.2) is 0 Å². The minimum Gasteiger partial charge on any atom is -0.359 e. The molecular formula is C9H7BrIN. The molecule has 0 aliphatic carbocycles. The topological polar surface area (TPSA) is 15.8 Å². The number of aryl methyl sites for hydroxylation is 1. The molecule has 0 aliphatic rings. The van der Waals surface area contributed by atoms with E-state index in [1.54, 1.807) is 0 Å². The zero-order valence-electron chi connectivity index (χ0n) is 6.49. The molecule has 62 valence electrons. The van der Waals surface area contributed by atoms with E-state index < -0.39 is 0 Å². The highest BCUT2D eigenvalue weighted by Crippen LogP contribution is 2.26. The Morgan fingerprint density at radius 3 is 2.83 bits per heavy atom. The van der Waals surface area contributed by atoms with E-state index in [0.29, 0.717) is 0 Å². The number of fused-ring (bicyclic) bond motifs is 1. The molecule has 2 rings (SSSR count). The molecular weight excluding hydrogens is 329 g/mol. The molecule has 3 heteroatoms. The predicted octanol–water partition coefficient (Wildman–Crippen LogP) is 3.84. The SMILES string of the molecule is Cc1cc2c(Br)cc(I)cc2[nH]1. The maximum atomic E-state index is 3.54. The summed E-state index contributed by atoms with van der Waals surface area (Å²) in [7, 11) is 0. The molecule has 1 aromatic heterocycles. The van der Waals surface area contributed by atoms with Crippen LogP contribution in [-0.2, 0) is 0 Å². The molecule has 0 unspecified atom stereocenters. The smallest absolute Gasteiger partial charge is 0.0478 e. The number of halogens is 2. The summed E-state index contributed by atoms with van der Waals surface area (Å²) < 4.78 is 2.41. The molecule has 0 bridgehead atoms. The van der Waals surface area contributed by atoms with Crippen LogP contribution in [0.3, 0.4) is 0 Å². The monoisotopic (exact) mass is 335 g/mol. The first kappa shape index (κ1) is 8.56. The van der Waals surface area contributed by atoms with Gasteiger partial charge in [0.05, 0.1) is 0 Å². The van der Waals surface area contributed by atoms with Crippen LogP contribution in [0.15, 0.2) is 22.7 Å². The third kappa shape index (κ3) is 1.40. The Labute approximate surface area is 92.8 Å². The lowest BCUT2D eigenvalue weighted by atomic mass is 10.2. The standard InChI is InChI=1S/C9H7BrIN/c1-5-2-7-8(10)3-6(11)4-9(7)12-5/h2-4,12H,1H3. The highest BCUT2D eigenvalue weighted by molar-refractivity contribution is 14.1. The molecule has 0 aliphatic heterocycles. The lowest BCUT2D eigenvalue weighted by molar-refractivity contribution is 1.30. The van der Waals surface area contributed by atoms with Gasteiger partial charge in [-0.15, -0.1) is 0 Å². The number of H-pyrrole nitrogens is 1. The maximum Gasteiger partial charge on any atom is 0.0478 e. The fourth-order valence-electron chi connectivity index (χ4n) is 1.30. The minimum atomic E-state index is 1.16. The Bertz CT molecular complexity index is 433. The van der Waals surface area contributed by atoms with E-state index >= 15 is 0 Å². The lowest BCUT2D eigenvalue weighted by Gasteiger charge is -1.94. The maximum absolute atomic E-state index is 3.54. The predicted molar refractivity (Wildman–Crippen MR) is 63.5 cm³/mol. The number of hydrogen-bond donors (Lipinski definition) is 1. The number of rotatable bonds is 0. The molecule has 1 nitrogen and oxygen atoms in total. The van der Waals surface area contributed by atoms with Crippen molar-refractivity contribution in [3.63, 3.8) is 0 Å². The number of benzene rings is 1. The van der Waals surface area contributed by atoms with Crippen LogP contribution < -0.4 is 0 Å². The molecule has 2 aromatic rings. The Balaban J connectivity index is 2.88. The second-order valence-corrected chi connectivity index (χ2v) is 4.90. The van der Waals surface area contributed by atoms with Crippen LogP contribution in [0.4, 0.5) is 0 Å². The van der Waals surface area contributed by atoms with Crippen LogP contribution in [0.5, 0.6) is 0 Å². The van der Waals surface area contributed by atoms with Crippen molar-refractivity contribution >= 4 is 49.4 Å². The van der Waals surface area contributed by atoms with E-state index in [4.69, 9.17) is 0 Å². The number of nitrogens with one attached hydrogen (secondary N) is 1. The van der Waals surface area contributed by atoms with Crippen LogP contribution in [0.2, 0.25) is 0 Å². The quantitative estimate of drug-likeness (QED) is 0.704. The van der Waals surface area contributed by atoms with Gasteiger partial charge in [0.25, 0.3) is 0 Å². The number of hydrogen-bond acceptors (Lipinski definition) is 0. The van der Waals surface area contributed by atoms with Gasteiger partial charge in [-0.1, -0.05) is 15.9 Å². The van der Waals surface area contributed by atoms with E-state index in [2.05, 4.69) is 68.6 Å². The normalized spacial score (nSPS) is 10.9. The molecule has 1 heterocycles. The zero-order chi connectivity index (χ0) is 8.72.